The second-order valence-corrected chi connectivity index (χ2v) is 6.21. The Kier molecular flexibility index (Phi) is 4.21. The van der Waals surface area contributed by atoms with E-state index in [1.165, 1.54) is 5.56 Å². The number of hydrogen-bond acceptors (Lipinski definition) is 2. The van der Waals surface area contributed by atoms with Crippen molar-refractivity contribution < 1.29 is 4.74 Å². The van der Waals surface area contributed by atoms with E-state index in [0.29, 0.717) is 5.41 Å². The van der Waals surface area contributed by atoms with Crippen LogP contribution in [0, 0.1) is 5.41 Å². The van der Waals surface area contributed by atoms with Gasteiger partial charge in [-0.15, -0.1) is 0 Å². The molecule has 17 heavy (non-hydrogen) atoms. The summed E-state index contributed by atoms with van der Waals surface area (Å²) in [7, 11) is 1.68. The quantitative estimate of drug-likeness (QED) is 0.863. The molecule has 0 aliphatic heterocycles. The zero-order chi connectivity index (χ0) is 13.1. The van der Waals surface area contributed by atoms with Crippen molar-refractivity contribution in [3.8, 4) is 5.75 Å². The molecule has 1 atom stereocenters. The predicted molar refractivity (Wildman–Crippen MR) is 73.2 cm³/mol. The lowest BCUT2D eigenvalue weighted by Crippen LogP contribution is -2.34. The molecule has 0 aliphatic rings. The topological polar surface area (TPSA) is 35.2 Å². The summed E-state index contributed by atoms with van der Waals surface area (Å²) < 4.78 is 5.16. The summed E-state index contributed by atoms with van der Waals surface area (Å²) in [6.07, 6.45) is 2.11. The maximum Gasteiger partial charge on any atom is 0.118 e. The van der Waals surface area contributed by atoms with Crippen LogP contribution in [0.15, 0.2) is 24.3 Å². The first-order chi connectivity index (χ1) is 7.74. The summed E-state index contributed by atoms with van der Waals surface area (Å²) in [6.45, 7) is 8.84. The lowest BCUT2D eigenvalue weighted by Gasteiger charge is -2.29. The Bertz CT molecular complexity index is 346. The van der Waals surface area contributed by atoms with Gasteiger partial charge in [-0.1, -0.05) is 32.9 Å². The zero-order valence-corrected chi connectivity index (χ0v) is 11.7. The van der Waals surface area contributed by atoms with Gasteiger partial charge in [0, 0.05) is 5.54 Å². The van der Waals surface area contributed by atoms with Gasteiger partial charge in [0.05, 0.1) is 7.11 Å². The van der Waals surface area contributed by atoms with E-state index < -0.39 is 0 Å². The first-order valence-electron chi connectivity index (χ1n) is 6.18. The molecule has 0 saturated carbocycles. The summed E-state index contributed by atoms with van der Waals surface area (Å²) in [4.78, 5) is 0. The molecule has 1 unspecified atom stereocenters. The van der Waals surface area contributed by atoms with E-state index in [9.17, 15) is 0 Å². The minimum absolute atomic E-state index is 0.264. The highest BCUT2D eigenvalue weighted by molar-refractivity contribution is 5.31. The third-order valence-electron chi connectivity index (χ3n) is 3.14. The SMILES string of the molecule is COc1ccc(C(C)(N)CCC(C)(C)C)cc1. The van der Waals surface area contributed by atoms with Gasteiger partial charge in [-0.05, 0) is 42.9 Å². The molecule has 1 aromatic carbocycles. The van der Waals surface area contributed by atoms with Crippen LogP contribution in [0.2, 0.25) is 0 Å². The summed E-state index contributed by atoms with van der Waals surface area (Å²) in [5.41, 5.74) is 7.63. The van der Waals surface area contributed by atoms with E-state index in [0.717, 1.165) is 18.6 Å². The van der Waals surface area contributed by atoms with Crippen molar-refractivity contribution in [1.82, 2.24) is 0 Å². The third-order valence-corrected chi connectivity index (χ3v) is 3.14. The molecule has 2 nitrogen and oxygen atoms in total. The number of rotatable bonds is 4. The molecule has 96 valence electrons. The number of nitrogens with two attached hydrogens (primary N) is 1. The van der Waals surface area contributed by atoms with E-state index in [4.69, 9.17) is 10.5 Å². The van der Waals surface area contributed by atoms with Crippen molar-refractivity contribution >= 4 is 0 Å². The van der Waals surface area contributed by atoms with Gasteiger partial charge in [0.15, 0.2) is 0 Å². The van der Waals surface area contributed by atoms with Crippen LogP contribution < -0.4 is 10.5 Å². The largest absolute Gasteiger partial charge is 0.497 e. The van der Waals surface area contributed by atoms with Gasteiger partial charge in [-0.3, -0.25) is 0 Å². The van der Waals surface area contributed by atoms with Crippen LogP contribution in [0.4, 0.5) is 0 Å². The zero-order valence-electron chi connectivity index (χ0n) is 11.7. The molecule has 2 heteroatoms. The lowest BCUT2D eigenvalue weighted by molar-refractivity contribution is 0.307. The van der Waals surface area contributed by atoms with Crippen molar-refractivity contribution in [3.63, 3.8) is 0 Å². The fourth-order valence-corrected chi connectivity index (χ4v) is 1.75. The summed E-state index contributed by atoms with van der Waals surface area (Å²) in [6, 6.07) is 8.05. The average Bonchev–Trinajstić information content (AvgIpc) is 2.26. The fourth-order valence-electron chi connectivity index (χ4n) is 1.75. The van der Waals surface area contributed by atoms with E-state index in [-0.39, 0.29) is 5.54 Å². The van der Waals surface area contributed by atoms with Gasteiger partial charge < -0.3 is 10.5 Å². The van der Waals surface area contributed by atoms with E-state index >= 15 is 0 Å². The number of ether oxygens (including phenoxy) is 1. The highest BCUT2D eigenvalue weighted by Crippen LogP contribution is 2.30. The van der Waals surface area contributed by atoms with Gasteiger partial charge in [-0.25, -0.2) is 0 Å². The normalized spacial score (nSPS) is 15.4. The Labute approximate surface area is 105 Å². The summed E-state index contributed by atoms with van der Waals surface area (Å²) in [5, 5.41) is 0. The minimum atomic E-state index is -0.264. The van der Waals surface area contributed by atoms with Crippen LogP contribution in [-0.4, -0.2) is 7.11 Å². The molecule has 0 radical (unpaired) electrons. The molecule has 0 amide bonds. The Morgan fingerprint density at radius 1 is 1.00 bits per heavy atom. The third kappa shape index (κ3) is 4.39. The van der Waals surface area contributed by atoms with Crippen LogP contribution in [0.1, 0.15) is 46.1 Å². The van der Waals surface area contributed by atoms with Gasteiger partial charge in [0.25, 0.3) is 0 Å². The maximum atomic E-state index is 6.40. The first-order valence-corrected chi connectivity index (χ1v) is 6.18. The summed E-state index contributed by atoms with van der Waals surface area (Å²) >= 11 is 0. The molecule has 0 spiro atoms. The molecule has 2 N–H and O–H groups in total. The van der Waals surface area contributed by atoms with Crippen molar-refractivity contribution in [2.75, 3.05) is 7.11 Å². The number of hydrogen-bond donors (Lipinski definition) is 1. The molecule has 0 saturated heterocycles. The molecule has 1 rings (SSSR count). The van der Waals surface area contributed by atoms with Gasteiger partial charge in [0.2, 0.25) is 0 Å². The lowest BCUT2D eigenvalue weighted by atomic mass is 9.81. The van der Waals surface area contributed by atoms with Gasteiger partial charge >= 0.3 is 0 Å². The van der Waals surface area contributed by atoms with Crippen LogP contribution >= 0.6 is 0 Å². The van der Waals surface area contributed by atoms with Gasteiger partial charge in [0.1, 0.15) is 5.75 Å². The second kappa shape index (κ2) is 5.09. The predicted octanol–water partition coefficient (Wildman–Crippen LogP) is 3.70. The van der Waals surface area contributed by atoms with Gasteiger partial charge in [-0.2, -0.15) is 0 Å². The van der Waals surface area contributed by atoms with E-state index in [1.807, 2.05) is 12.1 Å². The highest BCUT2D eigenvalue weighted by atomic mass is 16.5. The Balaban J connectivity index is 2.74. The standard InChI is InChI=1S/C15H25NO/c1-14(2,3)10-11-15(4,16)12-6-8-13(17-5)9-7-12/h6-9H,10-11,16H2,1-5H3. The van der Waals surface area contributed by atoms with Crippen LogP contribution in [-0.2, 0) is 5.54 Å². The fraction of sp³-hybridized carbons (Fsp3) is 0.600. The monoisotopic (exact) mass is 235 g/mol. The Hall–Kier alpha value is -1.02. The molecule has 0 heterocycles. The number of benzene rings is 1. The molecule has 0 fully saturated rings. The molecule has 1 aromatic rings. The van der Waals surface area contributed by atoms with Crippen molar-refractivity contribution in [1.29, 1.82) is 0 Å². The highest BCUT2D eigenvalue weighted by Gasteiger charge is 2.23. The van der Waals surface area contributed by atoms with Crippen molar-refractivity contribution in [3.05, 3.63) is 29.8 Å². The Morgan fingerprint density at radius 3 is 1.94 bits per heavy atom. The second-order valence-electron chi connectivity index (χ2n) is 6.21. The molecular weight excluding hydrogens is 210 g/mol. The molecule has 0 aromatic heterocycles. The van der Waals surface area contributed by atoms with Crippen LogP contribution in [0.5, 0.6) is 5.75 Å². The van der Waals surface area contributed by atoms with E-state index in [1.54, 1.807) is 7.11 Å². The maximum absolute atomic E-state index is 6.40. The average molecular weight is 235 g/mol. The molecular formula is C15H25NO. The first kappa shape index (κ1) is 14.0. The Morgan fingerprint density at radius 2 is 1.53 bits per heavy atom. The molecule has 0 aliphatic carbocycles. The van der Waals surface area contributed by atoms with Crippen molar-refractivity contribution in [2.24, 2.45) is 11.1 Å². The van der Waals surface area contributed by atoms with Crippen molar-refractivity contribution in [2.45, 2.75) is 46.1 Å². The summed E-state index contributed by atoms with van der Waals surface area (Å²) in [5.74, 6) is 0.875. The smallest absolute Gasteiger partial charge is 0.118 e. The molecule has 0 bridgehead atoms. The van der Waals surface area contributed by atoms with Crippen LogP contribution in [0.3, 0.4) is 0 Å². The van der Waals surface area contributed by atoms with E-state index in [2.05, 4.69) is 39.8 Å². The number of methoxy groups -OCH3 is 1. The minimum Gasteiger partial charge on any atom is -0.497 e. The van der Waals surface area contributed by atoms with Crippen LogP contribution in [0.25, 0.3) is 0 Å².